The summed E-state index contributed by atoms with van der Waals surface area (Å²) < 4.78 is 0. The summed E-state index contributed by atoms with van der Waals surface area (Å²) in [4.78, 5) is 0. The van der Waals surface area contributed by atoms with E-state index in [1.165, 1.54) is 11.1 Å². The quantitative estimate of drug-likeness (QED) is 0.517. The van der Waals surface area contributed by atoms with Crippen LogP contribution >= 0.6 is 0 Å². The van der Waals surface area contributed by atoms with E-state index in [0.29, 0.717) is 10.9 Å². The summed E-state index contributed by atoms with van der Waals surface area (Å²) in [5.74, 6) is 2.23. The molecule has 0 aliphatic rings. The van der Waals surface area contributed by atoms with Gasteiger partial charge in [-0.15, -0.1) is 0 Å². The molecule has 0 saturated carbocycles. The highest BCUT2D eigenvalue weighted by molar-refractivity contribution is 7.95. The maximum atomic E-state index is 3.83. The second-order valence-electron chi connectivity index (χ2n) is 3.74. The summed E-state index contributed by atoms with van der Waals surface area (Å²) in [6, 6.07) is 10.6. The zero-order valence-corrected chi connectivity index (χ0v) is 10.7. The zero-order chi connectivity index (χ0) is 11.8. The molecule has 0 nitrogen and oxygen atoms in total. The van der Waals surface area contributed by atoms with Crippen LogP contribution in [-0.4, -0.2) is 12.0 Å². The second-order valence-corrected chi connectivity index (χ2v) is 5.88. The number of hydrogen-bond donors (Lipinski definition) is 0. The molecule has 1 atom stereocenters. The third-order valence-corrected chi connectivity index (χ3v) is 3.92. The fourth-order valence-electron chi connectivity index (χ4n) is 1.52. The molecule has 0 aromatic heterocycles. The van der Waals surface area contributed by atoms with Crippen LogP contribution in [0, 0.1) is 0 Å². The molecule has 0 spiro atoms. The van der Waals surface area contributed by atoms with Crippen molar-refractivity contribution in [3.8, 4) is 0 Å². The maximum absolute atomic E-state index is 3.83. The fraction of sp³-hybridized carbons (Fsp3) is 0.200. The monoisotopic (exact) mass is 231 g/mol. The smallest absolute Gasteiger partial charge is 0.0991 e. The van der Waals surface area contributed by atoms with Gasteiger partial charge in [-0.2, -0.15) is 0 Å². The molecule has 0 aliphatic carbocycles. The summed E-state index contributed by atoms with van der Waals surface area (Å²) >= 11 is 0. The molecule has 1 aromatic rings. The minimum Gasteiger partial charge on any atom is -0.0991 e. The number of rotatable bonds is 6. The van der Waals surface area contributed by atoms with Crippen molar-refractivity contribution in [1.29, 1.82) is 0 Å². The van der Waals surface area contributed by atoms with Gasteiger partial charge in [-0.25, -0.2) is 0 Å². The Hall–Kier alpha value is -1.21. The Kier molecular flexibility index (Phi) is 5.73. The van der Waals surface area contributed by atoms with Crippen LogP contribution in [0.15, 0.2) is 67.3 Å². The van der Waals surface area contributed by atoms with Crippen LogP contribution in [0.25, 0.3) is 0 Å². The third kappa shape index (κ3) is 4.54. The van der Waals surface area contributed by atoms with Gasteiger partial charge in [0.05, 0.1) is 6.26 Å². The van der Waals surface area contributed by atoms with Gasteiger partial charge in [0.15, 0.2) is 0 Å². The van der Waals surface area contributed by atoms with Crippen molar-refractivity contribution in [3.05, 3.63) is 72.9 Å². The van der Waals surface area contributed by atoms with Crippen molar-refractivity contribution in [2.45, 2.75) is 5.75 Å². The molecule has 0 fully saturated rings. The summed E-state index contributed by atoms with van der Waals surface area (Å²) in [6.45, 7) is 7.55. The van der Waals surface area contributed by atoms with Gasteiger partial charge in [-0.1, -0.05) is 61.7 Å². The first kappa shape index (κ1) is 12.9. The van der Waals surface area contributed by atoms with Gasteiger partial charge in [0.2, 0.25) is 0 Å². The lowest BCUT2D eigenvalue weighted by Crippen LogP contribution is -2.09. The van der Waals surface area contributed by atoms with Crippen LogP contribution in [0.3, 0.4) is 0 Å². The molecule has 0 bridgehead atoms. The Labute approximate surface area is 102 Å². The van der Waals surface area contributed by atoms with Gasteiger partial charge in [0, 0.05) is 11.1 Å². The standard InChI is InChI=1S/C15H19S/c1-4-9-14(5-2)12-16(3)13-15-10-7-6-8-11-15/h4-11H,1-2,12-13H2,3H3/q+1/b14-9+. The normalized spacial score (nSPS) is 13.2. The lowest BCUT2D eigenvalue weighted by Gasteiger charge is -2.04. The highest BCUT2D eigenvalue weighted by Gasteiger charge is 2.12. The van der Waals surface area contributed by atoms with Crippen LogP contribution in [0.1, 0.15) is 5.56 Å². The molecule has 16 heavy (non-hydrogen) atoms. The lowest BCUT2D eigenvalue weighted by atomic mass is 10.2. The van der Waals surface area contributed by atoms with E-state index in [1.54, 1.807) is 0 Å². The first-order chi connectivity index (χ1) is 7.76. The van der Waals surface area contributed by atoms with Gasteiger partial charge in [0.1, 0.15) is 11.5 Å². The van der Waals surface area contributed by atoms with Crippen molar-refractivity contribution in [3.63, 3.8) is 0 Å². The van der Waals surface area contributed by atoms with Gasteiger partial charge in [-0.3, -0.25) is 0 Å². The molecule has 84 valence electrons. The predicted molar refractivity (Wildman–Crippen MR) is 76.8 cm³/mol. The van der Waals surface area contributed by atoms with E-state index in [0.717, 1.165) is 11.5 Å². The van der Waals surface area contributed by atoms with E-state index < -0.39 is 0 Å². The predicted octanol–water partition coefficient (Wildman–Crippen LogP) is 3.73. The van der Waals surface area contributed by atoms with E-state index >= 15 is 0 Å². The largest absolute Gasteiger partial charge is 0.133 e. The van der Waals surface area contributed by atoms with Crippen molar-refractivity contribution in [2.24, 2.45) is 0 Å². The maximum Gasteiger partial charge on any atom is 0.133 e. The average molecular weight is 231 g/mol. The number of allylic oxidation sites excluding steroid dienone is 3. The molecule has 1 heteroatoms. The number of hydrogen-bond acceptors (Lipinski definition) is 0. The van der Waals surface area contributed by atoms with Crippen LogP contribution in [-0.2, 0) is 16.6 Å². The Morgan fingerprint density at radius 1 is 1.25 bits per heavy atom. The molecule has 1 unspecified atom stereocenters. The Morgan fingerprint density at radius 2 is 1.94 bits per heavy atom. The van der Waals surface area contributed by atoms with Crippen molar-refractivity contribution < 1.29 is 0 Å². The minimum absolute atomic E-state index is 0.360. The fourth-order valence-corrected chi connectivity index (χ4v) is 3.17. The first-order valence-corrected chi connectivity index (χ1v) is 7.30. The third-order valence-electron chi connectivity index (χ3n) is 2.26. The van der Waals surface area contributed by atoms with E-state index in [1.807, 2.05) is 18.2 Å². The van der Waals surface area contributed by atoms with Crippen molar-refractivity contribution >= 4 is 10.9 Å². The minimum atomic E-state index is 0.360. The Bertz CT molecular complexity index is 362. The molecule has 1 rings (SSSR count). The molecular formula is C15H19S+. The summed E-state index contributed by atoms with van der Waals surface area (Å²) in [5, 5.41) is 0. The number of benzene rings is 1. The van der Waals surface area contributed by atoms with E-state index in [-0.39, 0.29) is 0 Å². The Morgan fingerprint density at radius 3 is 2.50 bits per heavy atom. The van der Waals surface area contributed by atoms with Crippen LogP contribution in [0.2, 0.25) is 0 Å². The summed E-state index contributed by atoms with van der Waals surface area (Å²) in [6.07, 6.45) is 8.10. The second kappa shape index (κ2) is 7.13. The summed E-state index contributed by atoms with van der Waals surface area (Å²) in [5.41, 5.74) is 2.69. The molecule has 0 heterocycles. The molecule has 0 saturated heterocycles. The van der Waals surface area contributed by atoms with E-state index in [4.69, 9.17) is 0 Å². The average Bonchev–Trinajstić information content (AvgIpc) is 2.29. The van der Waals surface area contributed by atoms with E-state index in [9.17, 15) is 0 Å². The van der Waals surface area contributed by atoms with E-state index in [2.05, 4.69) is 49.7 Å². The molecule has 0 N–H and O–H groups in total. The van der Waals surface area contributed by atoms with Gasteiger partial charge in [-0.05, 0) is 10.9 Å². The van der Waals surface area contributed by atoms with Crippen molar-refractivity contribution in [2.75, 3.05) is 12.0 Å². The molecule has 0 amide bonds. The topological polar surface area (TPSA) is 0 Å². The lowest BCUT2D eigenvalue weighted by molar-refractivity contribution is 1.38. The summed E-state index contributed by atoms with van der Waals surface area (Å²) in [7, 11) is 0.360. The molecule has 0 radical (unpaired) electrons. The molecule has 0 aliphatic heterocycles. The van der Waals surface area contributed by atoms with Gasteiger partial charge < -0.3 is 0 Å². The zero-order valence-electron chi connectivity index (χ0n) is 9.86. The van der Waals surface area contributed by atoms with Gasteiger partial charge in [0.25, 0.3) is 0 Å². The van der Waals surface area contributed by atoms with Crippen LogP contribution in [0.4, 0.5) is 0 Å². The van der Waals surface area contributed by atoms with Crippen LogP contribution in [0.5, 0.6) is 0 Å². The van der Waals surface area contributed by atoms with Crippen LogP contribution < -0.4 is 0 Å². The highest BCUT2D eigenvalue weighted by Crippen LogP contribution is 2.10. The Balaban J connectivity index is 2.53. The van der Waals surface area contributed by atoms with Gasteiger partial charge >= 0.3 is 0 Å². The highest BCUT2D eigenvalue weighted by atomic mass is 32.2. The molecule has 1 aromatic carbocycles. The SMILES string of the molecule is C=C/C=C(\C=C)C[S+](C)Cc1ccccc1. The first-order valence-electron chi connectivity index (χ1n) is 5.33. The van der Waals surface area contributed by atoms with Crippen molar-refractivity contribution in [1.82, 2.24) is 0 Å². The molecular weight excluding hydrogens is 212 g/mol.